The fourth-order valence-corrected chi connectivity index (χ4v) is 4.22. The van der Waals surface area contributed by atoms with Crippen LogP contribution in [0.25, 0.3) is 11.3 Å². The Hall–Kier alpha value is -2.66. The van der Waals surface area contributed by atoms with Crippen LogP contribution in [0.2, 0.25) is 0 Å². The number of hydrogen-bond acceptors (Lipinski definition) is 4. The molecule has 1 amide bonds. The molecular formula is C22H22N2O2S. The van der Waals surface area contributed by atoms with Crippen molar-refractivity contribution in [3.05, 3.63) is 64.0 Å². The fourth-order valence-electron chi connectivity index (χ4n) is 3.60. The molecule has 27 heavy (non-hydrogen) atoms. The molecule has 2 aromatic carbocycles. The Morgan fingerprint density at radius 1 is 1.26 bits per heavy atom. The number of anilines is 1. The van der Waals surface area contributed by atoms with Gasteiger partial charge in [0.1, 0.15) is 5.75 Å². The molecule has 0 saturated carbocycles. The number of aromatic nitrogens is 1. The molecule has 0 saturated heterocycles. The van der Waals surface area contributed by atoms with E-state index in [-0.39, 0.29) is 5.91 Å². The number of carbonyl (C=O) groups excluding carboxylic acids is 1. The van der Waals surface area contributed by atoms with E-state index in [1.807, 2.05) is 36.1 Å². The van der Waals surface area contributed by atoms with E-state index in [1.165, 1.54) is 5.56 Å². The second-order valence-corrected chi connectivity index (χ2v) is 7.76. The summed E-state index contributed by atoms with van der Waals surface area (Å²) in [6.07, 6.45) is 2.06. The van der Waals surface area contributed by atoms with Crippen molar-refractivity contribution in [2.45, 2.75) is 26.2 Å². The maximum atomic E-state index is 12.8. The quantitative estimate of drug-likeness (QED) is 0.649. The highest BCUT2D eigenvalue weighted by molar-refractivity contribution is 7.09. The fraction of sp³-hybridized carbons (Fsp3) is 0.273. The van der Waals surface area contributed by atoms with Crippen LogP contribution in [0.3, 0.4) is 0 Å². The molecule has 0 aliphatic carbocycles. The van der Waals surface area contributed by atoms with Gasteiger partial charge in [-0.05, 0) is 49.1 Å². The van der Waals surface area contributed by atoms with Crippen molar-refractivity contribution in [1.29, 1.82) is 0 Å². The molecule has 0 N–H and O–H groups in total. The highest BCUT2D eigenvalue weighted by Crippen LogP contribution is 2.33. The number of carbonyl (C=O) groups is 1. The number of ether oxygens (including phenoxy) is 1. The van der Waals surface area contributed by atoms with Crippen LogP contribution in [0, 0.1) is 6.92 Å². The van der Waals surface area contributed by atoms with Crippen molar-refractivity contribution in [2.24, 2.45) is 0 Å². The maximum Gasteiger partial charge on any atom is 0.227 e. The highest BCUT2D eigenvalue weighted by Gasteiger charge is 2.25. The maximum absolute atomic E-state index is 12.8. The summed E-state index contributed by atoms with van der Waals surface area (Å²) in [5, 5.41) is 3.15. The zero-order valence-electron chi connectivity index (χ0n) is 15.6. The first-order chi connectivity index (χ1) is 13.2. The van der Waals surface area contributed by atoms with Crippen molar-refractivity contribution in [3.63, 3.8) is 0 Å². The van der Waals surface area contributed by atoms with Crippen LogP contribution in [0.1, 0.15) is 22.6 Å². The zero-order chi connectivity index (χ0) is 18.8. The normalized spacial score (nSPS) is 12.9. The molecule has 0 fully saturated rings. The van der Waals surface area contributed by atoms with Crippen molar-refractivity contribution >= 4 is 22.9 Å². The molecule has 0 bridgehead atoms. The Morgan fingerprint density at radius 2 is 2.11 bits per heavy atom. The van der Waals surface area contributed by atoms with E-state index in [0.717, 1.165) is 46.2 Å². The number of aryl methyl sites for hydroxylation is 2. The highest BCUT2D eigenvalue weighted by atomic mass is 32.1. The average Bonchev–Trinajstić information content (AvgIpc) is 3.32. The second-order valence-electron chi connectivity index (χ2n) is 6.70. The van der Waals surface area contributed by atoms with Gasteiger partial charge in [-0.1, -0.05) is 24.3 Å². The Balaban J connectivity index is 1.48. The number of amides is 1. The minimum absolute atomic E-state index is 0.164. The summed E-state index contributed by atoms with van der Waals surface area (Å²) in [5.41, 5.74) is 5.48. The third-order valence-electron chi connectivity index (χ3n) is 4.99. The van der Waals surface area contributed by atoms with Gasteiger partial charge in [-0.15, -0.1) is 11.3 Å². The Kier molecular flexibility index (Phi) is 4.94. The molecule has 2 heterocycles. The van der Waals surface area contributed by atoms with Gasteiger partial charge in [0.05, 0.1) is 17.8 Å². The Labute approximate surface area is 163 Å². The molecule has 1 aliphatic rings. The first-order valence-corrected chi connectivity index (χ1v) is 10.0. The van der Waals surface area contributed by atoms with E-state index >= 15 is 0 Å². The van der Waals surface area contributed by atoms with Gasteiger partial charge < -0.3 is 9.64 Å². The molecule has 0 unspecified atom stereocenters. The number of methoxy groups -OCH3 is 1. The van der Waals surface area contributed by atoms with Crippen molar-refractivity contribution in [1.82, 2.24) is 4.98 Å². The first kappa shape index (κ1) is 17.7. The second kappa shape index (κ2) is 7.53. The van der Waals surface area contributed by atoms with Crippen LogP contribution in [-0.2, 0) is 17.6 Å². The van der Waals surface area contributed by atoms with Crippen LogP contribution in [-0.4, -0.2) is 24.5 Å². The minimum Gasteiger partial charge on any atom is -0.496 e. The molecule has 5 heteroatoms. The molecule has 138 valence electrons. The summed E-state index contributed by atoms with van der Waals surface area (Å²) in [6, 6.07) is 14.2. The Morgan fingerprint density at radius 3 is 2.89 bits per heavy atom. The lowest BCUT2D eigenvalue weighted by atomic mass is 10.1. The topological polar surface area (TPSA) is 42.4 Å². The first-order valence-electron chi connectivity index (χ1n) is 9.13. The van der Waals surface area contributed by atoms with Crippen molar-refractivity contribution in [3.8, 4) is 17.0 Å². The smallest absolute Gasteiger partial charge is 0.227 e. The zero-order valence-corrected chi connectivity index (χ0v) is 16.4. The molecule has 1 aromatic heterocycles. The minimum atomic E-state index is 0.164. The number of hydrogen-bond donors (Lipinski definition) is 0. The van der Waals surface area contributed by atoms with Crippen molar-refractivity contribution in [2.75, 3.05) is 18.6 Å². The number of thiazole rings is 1. The molecule has 1 aliphatic heterocycles. The predicted octanol–water partition coefficient (Wildman–Crippen LogP) is 4.65. The Bertz CT molecular complexity index is 980. The van der Waals surface area contributed by atoms with E-state index in [9.17, 15) is 4.79 Å². The lowest BCUT2D eigenvalue weighted by molar-refractivity contribution is -0.118. The molecule has 0 spiro atoms. The molecule has 3 aromatic rings. The lowest BCUT2D eigenvalue weighted by Crippen LogP contribution is -2.29. The summed E-state index contributed by atoms with van der Waals surface area (Å²) < 4.78 is 5.39. The number of benzene rings is 2. The molecule has 4 rings (SSSR count). The van der Waals surface area contributed by atoms with Gasteiger partial charge in [0.15, 0.2) is 0 Å². The van der Waals surface area contributed by atoms with Crippen LogP contribution in [0.5, 0.6) is 5.75 Å². The van der Waals surface area contributed by atoms with E-state index in [1.54, 1.807) is 18.4 Å². The van der Waals surface area contributed by atoms with Crippen LogP contribution < -0.4 is 9.64 Å². The number of nitrogens with zero attached hydrogens (tertiary/aromatic N) is 2. The molecule has 4 nitrogen and oxygen atoms in total. The largest absolute Gasteiger partial charge is 0.496 e. The summed E-state index contributed by atoms with van der Waals surface area (Å²) in [4.78, 5) is 19.3. The summed E-state index contributed by atoms with van der Waals surface area (Å²) in [6.45, 7) is 2.77. The van der Waals surface area contributed by atoms with Gasteiger partial charge in [0.2, 0.25) is 5.91 Å². The van der Waals surface area contributed by atoms with E-state index < -0.39 is 0 Å². The number of rotatable bonds is 5. The summed E-state index contributed by atoms with van der Waals surface area (Å²) in [7, 11) is 1.67. The predicted molar refractivity (Wildman–Crippen MR) is 110 cm³/mol. The van der Waals surface area contributed by atoms with Gasteiger partial charge in [-0.2, -0.15) is 0 Å². The summed E-state index contributed by atoms with van der Waals surface area (Å²) >= 11 is 1.66. The van der Waals surface area contributed by atoms with Crippen molar-refractivity contribution < 1.29 is 9.53 Å². The van der Waals surface area contributed by atoms with Gasteiger partial charge in [-0.25, -0.2) is 4.98 Å². The number of para-hydroxylation sites is 1. The lowest BCUT2D eigenvalue weighted by Gasteiger charge is -2.18. The van der Waals surface area contributed by atoms with Gasteiger partial charge in [-0.3, -0.25) is 4.79 Å². The standard InChI is InChI=1S/C22H22N2O2S/c1-15-23-19(14-27-15)17-7-9-20-18(13-17)11-12-24(20)22(25)10-8-16-5-3-4-6-21(16)26-2/h3-7,9,13-14H,8,10-12H2,1-2H3. The number of fused-ring (bicyclic) bond motifs is 1. The van der Waals surface area contributed by atoms with Crippen LogP contribution in [0.4, 0.5) is 5.69 Å². The van der Waals surface area contributed by atoms with Crippen LogP contribution in [0.15, 0.2) is 47.8 Å². The van der Waals surface area contributed by atoms with Crippen LogP contribution >= 0.6 is 11.3 Å². The summed E-state index contributed by atoms with van der Waals surface area (Å²) in [5.74, 6) is 1.01. The monoisotopic (exact) mass is 378 g/mol. The molecule has 0 radical (unpaired) electrons. The third kappa shape index (κ3) is 3.60. The van der Waals surface area contributed by atoms with E-state index in [4.69, 9.17) is 4.74 Å². The molecule has 0 atom stereocenters. The third-order valence-corrected chi connectivity index (χ3v) is 5.77. The molecular weight excluding hydrogens is 356 g/mol. The van der Waals surface area contributed by atoms with Gasteiger partial charge in [0.25, 0.3) is 0 Å². The van der Waals surface area contributed by atoms with E-state index in [0.29, 0.717) is 12.8 Å². The van der Waals surface area contributed by atoms with Gasteiger partial charge >= 0.3 is 0 Å². The average molecular weight is 378 g/mol. The van der Waals surface area contributed by atoms with Gasteiger partial charge in [0, 0.05) is 29.6 Å². The van der Waals surface area contributed by atoms with E-state index in [2.05, 4.69) is 28.6 Å². The SMILES string of the molecule is COc1ccccc1CCC(=O)N1CCc2cc(-c3csc(C)n3)ccc21.